The lowest BCUT2D eigenvalue weighted by Gasteiger charge is -2.18. The van der Waals surface area contributed by atoms with Gasteiger partial charge in [-0.05, 0) is 55.5 Å². The highest BCUT2D eigenvalue weighted by Gasteiger charge is 2.25. The zero-order valence-corrected chi connectivity index (χ0v) is 15.9. The Morgan fingerprint density at radius 3 is 2.77 bits per heavy atom. The van der Waals surface area contributed by atoms with E-state index >= 15 is 0 Å². The average molecular weight is 375 g/mol. The summed E-state index contributed by atoms with van der Waals surface area (Å²) in [5, 5.41) is 2.98. The summed E-state index contributed by atoms with van der Waals surface area (Å²) in [6, 6.07) is 11.4. The number of amides is 1. The second-order valence-electron chi connectivity index (χ2n) is 6.95. The molecule has 2 aromatic rings. The number of aryl methyl sites for hydroxylation is 2. The molecule has 26 heavy (non-hydrogen) atoms. The van der Waals surface area contributed by atoms with Crippen LogP contribution in [0, 0.1) is 19.7 Å². The third-order valence-corrected chi connectivity index (χ3v) is 5.61. The number of hydrogen-bond donors (Lipinski definition) is 1. The zero-order valence-electron chi connectivity index (χ0n) is 15.2. The largest absolute Gasteiger partial charge is 0.351 e. The molecular formula is C21H24ClFN2O. The fourth-order valence-corrected chi connectivity index (χ4v) is 3.85. The van der Waals surface area contributed by atoms with Crippen molar-refractivity contribution in [2.45, 2.75) is 26.2 Å². The first-order valence-corrected chi connectivity index (χ1v) is 9.36. The van der Waals surface area contributed by atoms with Crippen LogP contribution < -0.4 is 5.32 Å². The van der Waals surface area contributed by atoms with Crippen molar-refractivity contribution in [3.63, 3.8) is 0 Å². The molecule has 1 N–H and O–H groups in total. The molecule has 1 atom stereocenters. The third kappa shape index (κ3) is 4.08. The summed E-state index contributed by atoms with van der Waals surface area (Å²) in [5.41, 5.74) is 3.37. The van der Waals surface area contributed by atoms with Crippen molar-refractivity contribution >= 4 is 17.5 Å². The SMILES string of the molecule is Cc1ccccc1[C@@H]1CCN(CCNC(=O)c2c(F)ccc(C)c2Cl)C1. The quantitative estimate of drug-likeness (QED) is 0.845. The maximum atomic E-state index is 13.9. The second-order valence-corrected chi connectivity index (χ2v) is 7.33. The van der Waals surface area contributed by atoms with Crippen LogP contribution in [0.25, 0.3) is 0 Å². The minimum atomic E-state index is -0.584. The number of rotatable bonds is 5. The van der Waals surface area contributed by atoms with Gasteiger partial charge >= 0.3 is 0 Å². The van der Waals surface area contributed by atoms with E-state index in [1.54, 1.807) is 13.0 Å². The number of carbonyl (C=O) groups excluding carboxylic acids is 1. The Bertz CT molecular complexity index is 809. The van der Waals surface area contributed by atoms with Crippen LogP contribution in [0.5, 0.6) is 0 Å². The molecule has 138 valence electrons. The van der Waals surface area contributed by atoms with Crippen LogP contribution in [0.3, 0.4) is 0 Å². The number of nitrogens with one attached hydrogen (secondary N) is 1. The summed E-state index contributed by atoms with van der Waals surface area (Å²) < 4.78 is 13.9. The number of likely N-dealkylation sites (tertiary alicyclic amines) is 1. The van der Waals surface area contributed by atoms with E-state index in [-0.39, 0.29) is 10.6 Å². The number of hydrogen-bond acceptors (Lipinski definition) is 2. The van der Waals surface area contributed by atoms with E-state index in [1.165, 1.54) is 17.2 Å². The van der Waals surface area contributed by atoms with Crippen LogP contribution in [-0.2, 0) is 0 Å². The highest BCUT2D eigenvalue weighted by Crippen LogP contribution is 2.29. The Kier molecular flexibility index (Phi) is 5.94. The van der Waals surface area contributed by atoms with Gasteiger partial charge in [0.05, 0.1) is 10.6 Å². The molecule has 0 bridgehead atoms. The van der Waals surface area contributed by atoms with E-state index in [2.05, 4.69) is 41.4 Å². The third-order valence-electron chi connectivity index (χ3n) is 5.13. The average Bonchev–Trinajstić information content (AvgIpc) is 3.07. The van der Waals surface area contributed by atoms with E-state index in [0.717, 1.165) is 26.1 Å². The molecule has 1 heterocycles. The molecule has 0 spiro atoms. The summed E-state index contributed by atoms with van der Waals surface area (Å²) >= 11 is 6.09. The molecule has 3 nitrogen and oxygen atoms in total. The van der Waals surface area contributed by atoms with Crippen LogP contribution in [0.15, 0.2) is 36.4 Å². The molecule has 1 amide bonds. The number of halogens is 2. The van der Waals surface area contributed by atoms with E-state index in [0.29, 0.717) is 18.0 Å². The first kappa shape index (κ1) is 18.9. The summed E-state index contributed by atoms with van der Waals surface area (Å²) in [7, 11) is 0. The highest BCUT2D eigenvalue weighted by atomic mass is 35.5. The second kappa shape index (κ2) is 8.19. The Hall–Kier alpha value is -1.91. The lowest BCUT2D eigenvalue weighted by atomic mass is 9.94. The topological polar surface area (TPSA) is 32.3 Å². The van der Waals surface area contributed by atoms with Crippen molar-refractivity contribution in [1.29, 1.82) is 0 Å². The van der Waals surface area contributed by atoms with Gasteiger partial charge in [0.15, 0.2) is 0 Å². The maximum absolute atomic E-state index is 13.9. The fourth-order valence-electron chi connectivity index (χ4n) is 3.62. The number of carbonyl (C=O) groups is 1. The molecule has 0 unspecified atom stereocenters. The molecule has 1 saturated heterocycles. The molecule has 5 heteroatoms. The summed E-state index contributed by atoms with van der Waals surface area (Å²) in [5.74, 6) is -0.500. The molecule has 0 radical (unpaired) electrons. The number of nitrogens with zero attached hydrogens (tertiary/aromatic N) is 1. The van der Waals surface area contributed by atoms with Crippen molar-refractivity contribution in [2.24, 2.45) is 0 Å². The van der Waals surface area contributed by atoms with Crippen LogP contribution >= 0.6 is 11.6 Å². The lowest BCUT2D eigenvalue weighted by Crippen LogP contribution is -2.34. The molecule has 1 aliphatic heterocycles. The highest BCUT2D eigenvalue weighted by molar-refractivity contribution is 6.34. The van der Waals surface area contributed by atoms with Crippen molar-refractivity contribution in [3.05, 3.63) is 69.5 Å². The van der Waals surface area contributed by atoms with Gasteiger partial charge in [0, 0.05) is 19.6 Å². The molecular weight excluding hydrogens is 351 g/mol. The Morgan fingerprint density at radius 1 is 1.23 bits per heavy atom. The molecule has 3 rings (SSSR count). The molecule has 0 aromatic heterocycles. The van der Waals surface area contributed by atoms with Gasteiger partial charge < -0.3 is 10.2 Å². The molecule has 1 aliphatic rings. The smallest absolute Gasteiger partial charge is 0.255 e. The van der Waals surface area contributed by atoms with Crippen LogP contribution in [-0.4, -0.2) is 37.0 Å². The van der Waals surface area contributed by atoms with Crippen molar-refractivity contribution < 1.29 is 9.18 Å². The lowest BCUT2D eigenvalue weighted by molar-refractivity contribution is 0.0945. The van der Waals surface area contributed by atoms with Crippen molar-refractivity contribution in [2.75, 3.05) is 26.2 Å². The van der Waals surface area contributed by atoms with Crippen LogP contribution in [0.2, 0.25) is 5.02 Å². The minimum Gasteiger partial charge on any atom is -0.351 e. The van der Waals surface area contributed by atoms with Gasteiger partial charge in [-0.1, -0.05) is 41.9 Å². The monoisotopic (exact) mass is 374 g/mol. The minimum absolute atomic E-state index is 0.0640. The van der Waals surface area contributed by atoms with Crippen LogP contribution in [0.1, 0.15) is 39.4 Å². The van der Waals surface area contributed by atoms with E-state index in [9.17, 15) is 9.18 Å². The van der Waals surface area contributed by atoms with Crippen molar-refractivity contribution in [3.8, 4) is 0 Å². The summed E-state index contributed by atoms with van der Waals surface area (Å²) in [4.78, 5) is 14.6. The molecule has 2 aromatic carbocycles. The van der Waals surface area contributed by atoms with Crippen LogP contribution in [0.4, 0.5) is 4.39 Å². The number of benzene rings is 2. The molecule has 1 fully saturated rings. The van der Waals surface area contributed by atoms with Crippen molar-refractivity contribution in [1.82, 2.24) is 10.2 Å². The zero-order chi connectivity index (χ0) is 18.7. The van der Waals surface area contributed by atoms with Gasteiger partial charge in [-0.25, -0.2) is 4.39 Å². The Morgan fingerprint density at radius 2 is 2.00 bits per heavy atom. The summed E-state index contributed by atoms with van der Waals surface area (Å²) in [6.07, 6.45) is 1.12. The van der Waals surface area contributed by atoms with Gasteiger partial charge in [-0.15, -0.1) is 0 Å². The van der Waals surface area contributed by atoms with Gasteiger partial charge in [0.1, 0.15) is 5.82 Å². The van der Waals surface area contributed by atoms with Gasteiger partial charge in [0.25, 0.3) is 5.91 Å². The van der Waals surface area contributed by atoms with Gasteiger partial charge in [-0.2, -0.15) is 0 Å². The predicted octanol–water partition coefficient (Wildman–Crippen LogP) is 4.32. The molecule has 0 aliphatic carbocycles. The van der Waals surface area contributed by atoms with E-state index < -0.39 is 11.7 Å². The summed E-state index contributed by atoms with van der Waals surface area (Å²) in [6.45, 7) is 7.13. The van der Waals surface area contributed by atoms with Gasteiger partial charge in [-0.3, -0.25) is 4.79 Å². The van der Waals surface area contributed by atoms with Gasteiger partial charge in [0.2, 0.25) is 0 Å². The fraction of sp³-hybridized carbons (Fsp3) is 0.381. The standard InChI is InChI=1S/C21H24ClFN2O/c1-14-5-3-4-6-17(14)16-9-11-25(13-16)12-10-24-21(26)19-18(23)8-7-15(2)20(19)22/h3-8,16H,9-13H2,1-2H3,(H,24,26)/t16-/m1/s1. The maximum Gasteiger partial charge on any atom is 0.255 e. The predicted molar refractivity (Wildman–Crippen MR) is 103 cm³/mol. The first-order valence-electron chi connectivity index (χ1n) is 8.98. The Labute approximate surface area is 159 Å². The normalized spacial score (nSPS) is 17.5. The molecule has 0 saturated carbocycles. The first-order chi connectivity index (χ1) is 12.5. The van der Waals surface area contributed by atoms with E-state index in [4.69, 9.17) is 11.6 Å². The Balaban J connectivity index is 1.53. The van der Waals surface area contributed by atoms with E-state index in [1.807, 2.05) is 0 Å².